The van der Waals surface area contributed by atoms with E-state index in [4.69, 9.17) is 21.1 Å². The number of para-hydroxylation sites is 1. The SMILES string of the molecule is CCCCOc1ccc(/C=N\NC(=O)COc2ccccc2Cl)c2ccccc12. The molecule has 3 aromatic carbocycles. The highest BCUT2D eigenvalue weighted by molar-refractivity contribution is 6.32. The number of hydrogen-bond acceptors (Lipinski definition) is 4. The third-order valence-electron chi connectivity index (χ3n) is 4.26. The first-order chi connectivity index (χ1) is 14.2. The number of carbonyl (C=O) groups is 1. The van der Waals surface area contributed by atoms with Gasteiger partial charge in [0.25, 0.3) is 5.91 Å². The van der Waals surface area contributed by atoms with Gasteiger partial charge in [0.2, 0.25) is 0 Å². The van der Waals surface area contributed by atoms with Gasteiger partial charge in [-0.25, -0.2) is 5.43 Å². The molecule has 0 heterocycles. The summed E-state index contributed by atoms with van der Waals surface area (Å²) in [6.45, 7) is 2.65. The van der Waals surface area contributed by atoms with Crippen molar-refractivity contribution >= 4 is 34.5 Å². The molecule has 1 N–H and O–H groups in total. The largest absolute Gasteiger partial charge is 0.493 e. The maximum Gasteiger partial charge on any atom is 0.277 e. The molecule has 0 spiro atoms. The number of hydrogen-bond donors (Lipinski definition) is 1. The Hall–Kier alpha value is -3.05. The van der Waals surface area contributed by atoms with Crippen molar-refractivity contribution in [2.24, 2.45) is 5.10 Å². The summed E-state index contributed by atoms with van der Waals surface area (Å²) in [5.41, 5.74) is 3.36. The molecule has 0 unspecified atom stereocenters. The molecular weight excluding hydrogens is 388 g/mol. The van der Waals surface area contributed by atoms with Crippen LogP contribution in [-0.4, -0.2) is 25.3 Å². The number of benzene rings is 3. The van der Waals surface area contributed by atoms with E-state index in [0.717, 1.165) is 34.9 Å². The molecule has 1 amide bonds. The van der Waals surface area contributed by atoms with Crippen LogP contribution in [0.4, 0.5) is 0 Å². The Bertz CT molecular complexity index is 1000. The van der Waals surface area contributed by atoms with Crippen LogP contribution in [0.3, 0.4) is 0 Å². The van der Waals surface area contributed by atoms with Gasteiger partial charge in [-0.05, 0) is 36.1 Å². The molecule has 3 aromatic rings. The summed E-state index contributed by atoms with van der Waals surface area (Å²) in [4.78, 5) is 12.0. The van der Waals surface area contributed by atoms with Gasteiger partial charge in [-0.2, -0.15) is 5.10 Å². The van der Waals surface area contributed by atoms with Crippen molar-refractivity contribution in [2.45, 2.75) is 19.8 Å². The molecule has 150 valence electrons. The van der Waals surface area contributed by atoms with Crippen LogP contribution in [0.15, 0.2) is 65.8 Å². The summed E-state index contributed by atoms with van der Waals surface area (Å²) >= 11 is 6.00. The standard InChI is InChI=1S/C23H23ClN2O3/c1-2-3-14-28-21-13-12-17(18-8-4-5-9-19(18)21)15-25-26-23(27)16-29-22-11-7-6-10-20(22)24/h4-13,15H,2-3,14,16H2,1H3,(H,26,27)/b25-15-. The summed E-state index contributed by atoms with van der Waals surface area (Å²) in [7, 11) is 0. The van der Waals surface area contributed by atoms with E-state index in [2.05, 4.69) is 17.5 Å². The fourth-order valence-electron chi connectivity index (χ4n) is 2.77. The second kappa shape index (κ2) is 10.5. The molecule has 29 heavy (non-hydrogen) atoms. The molecular formula is C23H23ClN2O3. The fourth-order valence-corrected chi connectivity index (χ4v) is 2.96. The van der Waals surface area contributed by atoms with E-state index >= 15 is 0 Å². The van der Waals surface area contributed by atoms with E-state index in [1.54, 1.807) is 30.5 Å². The van der Waals surface area contributed by atoms with Gasteiger partial charge >= 0.3 is 0 Å². The lowest BCUT2D eigenvalue weighted by Gasteiger charge is -2.10. The van der Waals surface area contributed by atoms with Crippen molar-refractivity contribution in [3.63, 3.8) is 0 Å². The highest BCUT2D eigenvalue weighted by atomic mass is 35.5. The van der Waals surface area contributed by atoms with Crippen LogP contribution < -0.4 is 14.9 Å². The Kier molecular flexibility index (Phi) is 7.47. The minimum absolute atomic E-state index is 0.175. The Balaban J connectivity index is 1.63. The number of nitrogens with one attached hydrogen (secondary N) is 1. The highest BCUT2D eigenvalue weighted by Crippen LogP contribution is 2.28. The van der Waals surface area contributed by atoms with Crippen molar-refractivity contribution in [3.8, 4) is 11.5 Å². The van der Waals surface area contributed by atoms with Gasteiger partial charge in [0.05, 0.1) is 17.8 Å². The molecule has 0 aliphatic carbocycles. The normalized spacial score (nSPS) is 11.0. The summed E-state index contributed by atoms with van der Waals surface area (Å²) in [5.74, 6) is 0.936. The number of halogens is 1. The third kappa shape index (κ3) is 5.72. The number of amides is 1. The smallest absolute Gasteiger partial charge is 0.277 e. The number of nitrogens with zero attached hydrogens (tertiary/aromatic N) is 1. The maximum atomic E-state index is 12.0. The summed E-state index contributed by atoms with van der Waals surface area (Å²) < 4.78 is 11.3. The first-order valence-electron chi connectivity index (χ1n) is 9.53. The molecule has 0 atom stereocenters. The monoisotopic (exact) mass is 410 g/mol. The van der Waals surface area contributed by atoms with Crippen LogP contribution in [0.5, 0.6) is 11.5 Å². The predicted molar refractivity (Wildman–Crippen MR) is 117 cm³/mol. The lowest BCUT2D eigenvalue weighted by molar-refractivity contribution is -0.123. The first-order valence-corrected chi connectivity index (χ1v) is 9.90. The van der Waals surface area contributed by atoms with Gasteiger partial charge in [-0.15, -0.1) is 0 Å². The summed E-state index contributed by atoms with van der Waals surface area (Å²) in [6.07, 6.45) is 3.72. The van der Waals surface area contributed by atoms with E-state index in [-0.39, 0.29) is 12.5 Å². The molecule has 5 nitrogen and oxygen atoms in total. The Morgan fingerprint density at radius 2 is 1.76 bits per heavy atom. The molecule has 0 aromatic heterocycles. The average molecular weight is 411 g/mol. The van der Waals surface area contributed by atoms with Crippen LogP contribution in [0, 0.1) is 0 Å². The number of carbonyl (C=O) groups excluding carboxylic acids is 1. The molecule has 0 aliphatic heterocycles. The van der Waals surface area contributed by atoms with Crippen LogP contribution in [0.1, 0.15) is 25.3 Å². The minimum Gasteiger partial charge on any atom is -0.493 e. The van der Waals surface area contributed by atoms with E-state index < -0.39 is 0 Å². The van der Waals surface area contributed by atoms with Gasteiger partial charge in [-0.1, -0.05) is 61.3 Å². The van der Waals surface area contributed by atoms with Crippen molar-refractivity contribution < 1.29 is 14.3 Å². The van der Waals surface area contributed by atoms with Crippen LogP contribution in [0.2, 0.25) is 5.02 Å². The Morgan fingerprint density at radius 3 is 2.55 bits per heavy atom. The molecule has 0 saturated heterocycles. The molecule has 0 fully saturated rings. The molecule has 0 aliphatic rings. The molecule has 0 saturated carbocycles. The summed E-state index contributed by atoms with van der Waals surface area (Å²) in [6, 6.07) is 18.8. The number of ether oxygens (including phenoxy) is 2. The number of unbranched alkanes of at least 4 members (excludes halogenated alkanes) is 1. The van der Waals surface area contributed by atoms with Gasteiger partial charge in [0.15, 0.2) is 6.61 Å². The van der Waals surface area contributed by atoms with E-state index in [1.807, 2.05) is 36.4 Å². The second-order valence-electron chi connectivity index (χ2n) is 6.41. The van der Waals surface area contributed by atoms with Crippen LogP contribution >= 0.6 is 11.6 Å². The van der Waals surface area contributed by atoms with Crippen molar-refractivity contribution in [2.75, 3.05) is 13.2 Å². The zero-order valence-corrected chi connectivity index (χ0v) is 17.0. The molecule has 6 heteroatoms. The van der Waals surface area contributed by atoms with Gasteiger partial charge in [0, 0.05) is 10.9 Å². The molecule has 0 bridgehead atoms. The zero-order chi connectivity index (χ0) is 20.5. The van der Waals surface area contributed by atoms with Gasteiger partial charge in [0.1, 0.15) is 11.5 Å². The number of fused-ring (bicyclic) bond motifs is 1. The average Bonchev–Trinajstić information content (AvgIpc) is 2.74. The first kappa shape index (κ1) is 20.7. The number of hydrazone groups is 1. The van der Waals surface area contributed by atoms with Crippen molar-refractivity contribution in [1.29, 1.82) is 0 Å². The van der Waals surface area contributed by atoms with Crippen LogP contribution in [-0.2, 0) is 4.79 Å². The molecule has 0 radical (unpaired) electrons. The minimum atomic E-state index is -0.370. The zero-order valence-electron chi connectivity index (χ0n) is 16.2. The highest BCUT2D eigenvalue weighted by Gasteiger charge is 2.07. The third-order valence-corrected chi connectivity index (χ3v) is 4.57. The number of rotatable bonds is 9. The Morgan fingerprint density at radius 1 is 1.00 bits per heavy atom. The lowest BCUT2D eigenvalue weighted by atomic mass is 10.0. The molecule has 3 rings (SSSR count). The second-order valence-corrected chi connectivity index (χ2v) is 6.82. The lowest BCUT2D eigenvalue weighted by Crippen LogP contribution is -2.24. The predicted octanol–water partition coefficient (Wildman–Crippen LogP) is 5.20. The summed E-state index contributed by atoms with van der Waals surface area (Å²) in [5, 5.41) is 6.53. The topological polar surface area (TPSA) is 59.9 Å². The van der Waals surface area contributed by atoms with Gasteiger partial charge in [-0.3, -0.25) is 4.79 Å². The van der Waals surface area contributed by atoms with E-state index in [0.29, 0.717) is 17.4 Å². The quantitative estimate of drug-likeness (QED) is 0.299. The Labute approximate surface area is 175 Å². The van der Waals surface area contributed by atoms with Crippen molar-refractivity contribution in [1.82, 2.24) is 5.43 Å². The van der Waals surface area contributed by atoms with E-state index in [1.165, 1.54) is 0 Å². The van der Waals surface area contributed by atoms with Crippen LogP contribution in [0.25, 0.3) is 10.8 Å². The van der Waals surface area contributed by atoms with Crippen molar-refractivity contribution in [3.05, 3.63) is 71.2 Å². The maximum absolute atomic E-state index is 12.0. The van der Waals surface area contributed by atoms with E-state index in [9.17, 15) is 4.79 Å². The fraction of sp³-hybridized carbons (Fsp3) is 0.217. The van der Waals surface area contributed by atoms with Gasteiger partial charge < -0.3 is 9.47 Å².